The van der Waals surface area contributed by atoms with Crippen LogP contribution in [0.25, 0.3) is 0 Å². The number of rotatable bonds is 0. The van der Waals surface area contributed by atoms with Crippen LogP contribution in [0.2, 0.25) is 0 Å². The fourth-order valence-corrected chi connectivity index (χ4v) is 2.61. The minimum Gasteiger partial charge on any atom is -0.487 e. The maximum absolute atomic E-state index is 9.85. The van der Waals surface area contributed by atoms with Crippen molar-refractivity contribution in [2.45, 2.75) is 24.7 Å². The molecule has 0 amide bonds. The number of ether oxygens (including phenoxy) is 1. The fraction of sp³-hybridized carbons (Fsp3) is 0.500. The zero-order valence-corrected chi connectivity index (χ0v) is 8.76. The van der Waals surface area contributed by atoms with Gasteiger partial charge < -0.3 is 9.84 Å². The summed E-state index contributed by atoms with van der Waals surface area (Å²) in [7, 11) is 2.06. The largest absolute Gasteiger partial charge is 0.487 e. The number of piperidine rings is 1. The van der Waals surface area contributed by atoms with Gasteiger partial charge in [-0.15, -0.1) is 0 Å². The number of para-hydroxylation sites is 1. The third-order valence-electron chi connectivity index (χ3n) is 3.45. The molecule has 1 aromatic rings. The molecule has 0 saturated carbocycles. The van der Waals surface area contributed by atoms with Crippen LogP contribution in [-0.4, -0.2) is 35.8 Å². The summed E-state index contributed by atoms with van der Waals surface area (Å²) in [5, 5.41) is 9.85. The molecule has 1 N–H and O–H groups in total. The van der Waals surface area contributed by atoms with E-state index in [4.69, 9.17) is 4.74 Å². The van der Waals surface area contributed by atoms with Gasteiger partial charge in [-0.2, -0.15) is 0 Å². The van der Waals surface area contributed by atoms with E-state index in [-0.39, 0.29) is 12.2 Å². The number of likely N-dealkylation sites (N-methyl/N-ethyl adjacent to an activating group) is 1. The van der Waals surface area contributed by atoms with Crippen LogP contribution in [0, 0.1) is 0 Å². The lowest BCUT2D eigenvalue weighted by atomic mass is 9.89. The van der Waals surface area contributed by atoms with Crippen molar-refractivity contribution in [1.82, 2.24) is 4.90 Å². The highest BCUT2D eigenvalue weighted by Gasteiger charge is 2.39. The Hall–Kier alpha value is -1.06. The predicted octanol–water partition coefficient (Wildman–Crippen LogP) is 1.19. The van der Waals surface area contributed by atoms with Gasteiger partial charge in [0.05, 0.1) is 0 Å². The highest BCUT2D eigenvalue weighted by atomic mass is 16.5. The predicted molar refractivity (Wildman–Crippen MR) is 56.9 cm³/mol. The van der Waals surface area contributed by atoms with Crippen molar-refractivity contribution in [2.24, 2.45) is 0 Å². The summed E-state index contributed by atoms with van der Waals surface area (Å²) in [6, 6.07) is 8.53. The first-order valence-electron chi connectivity index (χ1n) is 5.39. The van der Waals surface area contributed by atoms with Crippen LogP contribution >= 0.6 is 0 Å². The molecule has 3 atom stereocenters. The van der Waals surface area contributed by atoms with E-state index in [1.807, 2.05) is 18.2 Å². The molecule has 3 heteroatoms. The van der Waals surface area contributed by atoms with Gasteiger partial charge in [-0.05, 0) is 13.1 Å². The molecule has 1 fully saturated rings. The number of hydrogen-bond acceptors (Lipinski definition) is 3. The van der Waals surface area contributed by atoms with Crippen LogP contribution in [0.3, 0.4) is 0 Å². The Morgan fingerprint density at radius 2 is 2.20 bits per heavy atom. The van der Waals surface area contributed by atoms with E-state index in [2.05, 4.69) is 18.0 Å². The molecular weight excluding hydrogens is 190 g/mol. The number of nitrogens with zero attached hydrogens (tertiary/aromatic N) is 1. The second kappa shape index (κ2) is 3.22. The van der Waals surface area contributed by atoms with Crippen molar-refractivity contribution in [3.63, 3.8) is 0 Å². The molecule has 0 spiro atoms. The standard InChI is InChI=1S/C12H15NO2/c1-13-7-10(14)12-6-9(13)8-4-2-3-5-11(8)15-12/h2-5,9-10,12,14H,6-7H2,1H3/t9-,10+,12-/m1/s1. The van der Waals surface area contributed by atoms with E-state index >= 15 is 0 Å². The van der Waals surface area contributed by atoms with Gasteiger partial charge in [-0.25, -0.2) is 0 Å². The van der Waals surface area contributed by atoms with Gasteiger partial charge in [0.15, 0.2) is 0 Å². The Morgan fingerprint density at radius 1 is 1.40 bits per heavy atom. The third kappa shape index (κ3) is 1.34. The van der Waals surface area contributed by atoms with Crippen LogP contribution in [0.4, 0.5) is 0 Å². The maximum atomic E-state index is 9.85. The van der Waals surface area contributed by atoms with Gasteiger partial charge in [0.1, 0.15) is 18.0 Å². The zero-order valence-electron chi connectivity index (χ0n) is 8.76. The Morgan fingerprint density at radius 3 is 3.07 bits per heavy atom. The normalized spacial score (nSPS) is 34.4. The fourth-order valence-electron chi connectivity index (χ4n) is 2.61. The molecule has 3 nitrogen and oxygen atoms in total. The average molecular weight is 205 g/mol. The lowest BCUT2D eigenvalue weighted by Crippen LogP contribution is -2.51. The van der Waals surface area contributed by atoms with Crippen molar-refractivity contribution < 1.29 is 9.84 Å². The number of fused-ring (bicyclic) bond motifs is 4. The third-order valence-corrected chi connectivity index (χ3v) is 3.45. The van der Waals surface area contributed by atoms with Crippen LogP contribution in [0.15, 0.2) is 24.3 Å². The monoisotopic (exact) mass is 205 g/mol. The van der Waals surface area contributed by atoms with E-state index < -0.39 is 0 Å². The lowest BCUT2D eigenvalue weighted by molar-refractivity contribution is -0.0560. The summed E-state index contributed by atoms with van der Waals surface area (Å²) in [6.45, 7) is 0.698. The number of aliphatic hydroxyl groups excluding tert-OH is 1. The van der Waals surface area contributed by atoms with E-state index in [1.165, 1.54) is 5.56 Å². The minimum absolute atomic E-state index is 0.0268. The number of benzene rings is 1. The molecule has 0 radical (unpaired) electrons. The van der Waals surface area contributed by atoms with Crippen molar-refractivity contribution in [2.75, 3.05) is 13.6 Å². The molecule has 2 bridgehead atoms. The molecule has 3 rings (SSSR count). The average Bonchev–Trinajstić information content (AvgIpc) is 2.26. The summed E-state index contributed by atoms with van der Waals surface area (Å²) >= 11 is 0. The summed E-state index contributed by atoms with van der Waals surface area (Å²) in [6.07, 6.45) is 0.509. The smallest absolute Gasteiger partial charge is 0.128 e. The lowest BCUT2D eigenvalue weighted by Gasteiger charge is -2.44. The second-order valence-electron chi connectivity index (χ2n) is 4.45. The SMILES string of the molecule is CN1C[C@H](O)[C@H]2C[C@@H]1c1ccccc1O2. The van der Waals surface area contributed by atoms with E-state index in [9.17, 15) is 5.11 Å². The van der Waals surface area contributed by atoms with Crippen molar-refractivity contribution >= 4 is 0 Å². The van der Waals surface area contributed by atoms with E-state index in [0.717, 1.165) is 12.2 Å². The quantitative estimate of drug-likeness (QED) is 0.690. The number of likely N-dealkylation sites (tertiary alicyclic amines) is 1. The van der Waals surface area contributed by atoms with Crippen LogP contribution in [0.5, 0.6) is 5.75 Å². The topological polar surface area (TPSA) is 32.7 Å². The molecule has 15 heavy (non-hydrogen) atoms. The number of hydrogen-bond donors (Lipinski definition) is 1. The molecule has 2 heterocycles. The molecule has 80 valence electrons. The van der Waals surface area contributed by atoms with Crippen molar-refractivity contribution in [3.8, 4) is 5.75 Å². The van der Waals surface area contributed by atoms with Gasteiger partial charge in [0.2, 0.25) is 0 Å². The summed E-state index contributed by atoms with van der Waals surface area (Å²) in [5.74, 6) is 0.935. The first-order chi connectivity index (χ1) is 7.25. The highest BCUT2D eigenvalue weighted by molar-refractivity contribution is 5.38. The van der Waals surface area contributed by atoms with Crippen LogP contribution in [0.1, 0.15) is 18.0 Å². The van der Waals surface area contributed by atoms with E-state index in [0.29, 0.717) is 12.6 Å². The first kappa shape index (κ1) is 9.19. The van der Waals surface area contributed by atoms with Gasteiger partial charge in [-0.3, -0.25) is 4.90 Å². The van der Waals surface area contributed by atoms with E-state index in [1.54, 1.807) is 0 Å². The van der Waals surface area contributed by atoms with Gasteiger partial charge in [0, 0.05) is 24.6 Å². The molecule has 2 aliphatic rings. The summed E-state index contributed by atoms with van der Waals surface area (Å²) in [5.41, 5.74) is 1.25. The molecule has 1 saturated heterocycles. The highest BCUT2D eigenvalue weighted by Crippen LogP contribution is 2.41. The number of aliphatic hydroxyl groups is 1. The zero-order chi connectivity index (χ0) is 10.4. The minimum atomic E-state index is -0.361. The summed E-state index contributed by atoms with van der Waals surface area (Å²) < 4.78 is 5.79. The van der Waals surface area contributed by atoms with Gasteiger partial charge in [-0.1, -0.05) is 18.2 Å². The maximum Gasteiger partial charge on any atom is 0.128 e. The molecule has 1 aromatic carbocycles. The van der Waals surface area contributed by atoms with Gasteiger partial charge >= 0.3 is 0 Å². The molecule has 0 aromatic heterocycles. The molecule has 2 aliphatic heterocycles. The number of β-amino-alcohol motifs (C(OH)–C–C–N with tert-alkyl or cyclic N) is 1. The van der Waals surface area contributed by atoms with Gasteiger partial charge in [0.25, 0.3) is 0 Å². The summed E-state index contributed by atoms with van der Waals surface area (Å²) in [4.78, 5) is 2.21. The second-order valence-corrected chi connectivity index (χ2v) is 4.45. The Kier molecular flexibility index (Phi) is 1.97. The van der Waals surface area contributed by atoms with Crippen LogP contribution in [-0.2, 0) is 0 Å². The Labute approximate surface area is 89.3 Å². The molecule has 0 unspecified atom stereocenters. The molecular formula is C12H15NO2. The van der Waals surface area contributed by atoms with Crippen molar-refractivity contribution in [1.29, 1.82) is 0 Å². The first-order valence-corrected chi connectivity index (χ1v) is 5.39. The van der Waals surface area contributed by atoms with Crippen LogP contribution < -0.4 is 4.74 Å². The van der Waals surface area contributed by atoms with Crippen molar-refractivity contribution in [3.05, 3.63) is 29.8 Å². The molecule has 0 aliphatic carbocycles. The Balaban J connectivity index is 2.05. The Bertz CT molecular complexity index is 380.